The summed E-state index contributed by atoms with van der Waals surface area (Å²) in [6, 6.07) is 3.20. The highest BCUT2D eigenvalue weighted by atomic mass is 32.2. The highest BCUT2D eigenvalue weighted by molar-refractivity contribution is 7.94. The minimum Gasteiger partial charge on any atom is -0.244 e. The molecule has 90 valence electrons. The summed E-state index contributed by atoms with van der Waals surface area (Å²) in [5.41, 5.74) is 0.483. The van der Waals surface area contributed by atoms with Crippen LogP contribution in [0.1, 0.15) is 5.56 Å². The van der Waals surface area contributed by atoms with Gasteiger partial charge in [0, 0.05) is 6.20 Å². The van der Waals surface area contributed by atoms with E-state index in [9.17, 15) is 16.8 Å². The molecule has 0 aliphatic heterocycles. The summed E-state index contributed by atoms with van der Waals surface area (Å²) in [4.78, 5) is 3.73. The Kier molecular flexibility index (Phi) is 3.66. The van der Waals surface area contributed by atoms with Crippen molar-refractivity contribution in [1.29, 1.82) is 0 Å². The highest BCUT2D eigenvalue weighted by Crippen LogP contribution is 2.12. The number of aryl methyl sites for hydroxylation is 1. The van der Waals surface area contributed by atoms with Crippen molar-refractivity contribution in [1.82, 2.24) is 4.98 Å². The van der Waals surface area contributed by atoms with Gasteiger partial charge in [-0.2, -0.15) is 0 Å². The average Bonchev–Trinajstić information content (AvgIpc) is 2.14. The molecule has 1 aromatic rings. The third-order valence-electron chi connectivity index (χ3n) is 1.89. The van der Waals surface area contributed by atoms with Crippen molar-refractivity contribution < 1.29 is 16.8 Å². The standard InChI is InChI=1S/C8H12N2O4S2/c1-7-3-2-4-10-8(7)15(11,12)5-6-16(9,13)14/h2-4H,5-6H2,1H3,(H2,9,13,14). The van der Waals surface area contributed by atoms with Crippen LogP contribution < -0.4 is 5.14 Å². The van der Waals surface area contributed by atoms with Crippen molar-refractivity contribution in [2.75, 3.05) is 11.5 Å². The van der Waals surface area contributed by atoms with Crippen LogP contribution in [0.15, 0.2) is 23.4 Å². The summed E-state index contributed by atoms with van der Waals surface area (Å²) >= 11 is 0. The molecule has 0 spiro atoms. The molecule has 0 bridgehead atoms. The second-order valence-electron chi connectivity index (χ2n) is 3.31. The number of pyridine rings is 1. The Morgan fingerprint density at radius 3 is 2.38 bits per heavy atom. The van der Waals surface area contributed by atoms with Gasteiger partial charge in [-0.25, -0.2) is 27.0 Å². The van der Waals surface area contributed by atoms with Crippen molar-refractivity contribution in [3.63, 3.8) is 0 Å². The molecule has 0 saturated heterocycles. The molecule has 8 heteroatoms. The first-order valence-electron chi connectivity index (χ1n) is 4.37. The van der Waals surface area contributed by atoms with Crippen molar-refractivity contribution in [3.8, 4) is 0 Å². The Bertz CT molecular complexity index is 578. The number of aromatic nitrogens is 1. The number of nitrogens with two attached hydrogens (primary N) is 1. The van der Waals surface area contributed by atoms with Crippen LogP contribution in [0.25, 0.3) is 0 Å². The van der Waals surface area contributed by atoms with Crippen LogP contribution in [-0.4, -0.2) is 33.3 Å². The van der Waals surface area contributed by atoms with E-state index in [0.29, 0.717) is 5.56 Å². The van der Waals surface area contributed by atoms with E-state index in [1.54, 1.807) is 19.1 Å². The molecule has 0 atom stereocenters. The normalized spacial score (nSPS) is 12.6. The van der Waals surface area contributed by atoms with E-state index < -0.39 is 31.4 Å². The summed E-state index contributed by atoms with van der Waals surface area (Å²) in [6.45, 7) is 1.59. The van der Waals surface area contributed by atoms with Gasteiger partial charge in [0.1, 0.15) is 0 Å². The summed E-state index contributed by atoms with van der Waals surface area (Å²) in [6.07, 6.45) is 1.34. The monoisotopic (exact) mass is 264 g/mol. The molecule has 1 rings (SSSR count). The first-order valence-corrected chi connectivity index (χ1v) is 7.74. The van der Waals surface area contributed by atoms with Crippen LogP contribution in [-0.2, 0) is 19.9 Å². The topological polar surface area (TPSA) is 107 Å². The van der Waals surface area contributed by atoms with Gasteiger partial charge in [-0.15, -0.1) is 0 Å². The fourth-order valence-electron chi connectivity index (χ4n) is 1.12. The van der Waals surface area contributed by atoms with Crippen molar-refractivity contribution >= 4 is 19.9 Å². The van der Waals surface area contributed by atoms with Gasteiger partial charge in [-0.3, -0.25) is 0 Å². The molecule has 2 N–H and O–H groups in total. The molecule has 0 saturated carbocycles. The Balaban J connectivity index is 3.01. The van der Waals surface area contributed by atoms with Crippen molar-refractivity contribution in [2.24, 2.45) is 5.14 Å². The van der Waals surface area contributed by atoms with E-state index in [1.807, 2.05) is 0 Å². The average molecular weight is 264 g/mol. The van der Waals surface area contributed by atoms with Crippen LogP contribution in [0.4, 0.5) is 0 Å². The predicted octanol–water partition coefficient (Wildman–Crippen LogP) is -0.548. The quantitative estimate of drug-likeness (QED) is 0.785. The smallest absolute Gasteiger partial charge is 0.210 e. The number of rotatable bonds is 4. The molecular weight excluding hydrogens is 252 g/mol. The summed E-state index contributed by atoms with van der Waals surface area (Å²) in [5.74, 6) is -1.16. The van der Waals surface area contributed by atoms with Crippen LogP contribution in [0.2, 0.25) is 0 Å². The van der Waals surface area contributed by atoms with Gasteiger partial charge in [0.2, 0.25) is 10.0 Å². The fraction of sp³-hybridized carbons (Fsp3) is 0.375. The zero-order chi connectivity index (χ0) is 12.4. The summed E-state index contributed by atoms with van der Waals surface area (Å²) in [7, 11) is -7.48. The Labute approximate surface area is 94.5 Å². The second kappa shape index (κ2) is 4.48. The Morgan fingerprint density at radius 2 is 1.88 bits per heavy atom. The van der Waals surface area contributed by atoms with Gasteiger partial charge >= 0.3 is 0 Å². The van der Waals surface area contributed by atoms with Crippen molar-refractivity contribution in [2.45, 2.75) is 11.9 Å². The molecule has 0 amide bonds. The summed E-state index contributed by atoms with van der Waals surface area (Å²) < 4.78 is 44.8. The maximum absolute atomic E-state index is 11.7. The zero-order valence-corrected chi connectivity index (χ0v) is 10.3. The third kappa shape index (κ3) is 3.54. The lowest BCUT2D eigenvalue weighted by atomic mass is 10.3. The first kappa shape index (κ1) is 13.1. The number of primary sulfonamides is 1. The van der Waals surface area contributed by atoms with Gasteiger partial charge in [0.25, 0.3) is 0 Å². The van der Waals surface area contributed by atoms with Gasteiger partial charge in [0.15, 0.2) is 14.9 Å². The number of hydrogen-bond acceptors (Lipinski definition) is 5. The van der Waals surface area contributed by atoms with E-state index in [1.165, 1.54) is 6.20 Å². The highest BCUT2D eigenvalue weighted by Gasteiger charge is 2.20. The molecule has 0 radical (unpaired) electrons. The Hall–Kier alpha value is -0.990. The lowest BCUT2D eigenvalue weighted by Gasteiger charge is -2.05. The number of hydrogen-bond donors (Lipinski definition) is 1. The molecular formula is C8H12N2O4S2. The minimum atomic E-state index is -3.79. The van der Waals surface area contributed by atoms with E-state index in [4.69, 9.17) is 5.14 Å². The van der Waals surface area contributed by atoms with Crippen LogP contribution in [0.3, 0.4) is 0 Å². The molecule has 0 unspecified atom stereocenters. The number of sulfonamides is 1. The predicted molar refractivity (Wildman–Crippen MR) is 59.0 cm³/mol. The van der Waals surface area contributed by atoms with Gasteiger partial charge < -0.3 is 0 Å². The maximum atomic E-state index is 11.7. The molecule has 0 aliphatic rings. The number of nitrogens with zero attached hydrogens (tertiary/aromatic N) is 1. The largest absolute Gasteiger partial charge is 0.244 e. The molecule has 6 nitrogen and oxygen atoms in total. The van der Waals surface area contributed by atoms with Crippen LogP contribution in [0, 0.1) is 6.92 Å². The summed E-state index contributed by atoms with van der Waals surface area (Å²) in [5, 5.41) is 4.65. The molecule has 0 aromatic carbocycles. The number of sulfone groups is 1. The van der Waals surface area contributed by atoms with Gasteiger partial charge in [-0.1, -0.05) is 6.07 Å². The lowest BCUT2D eigenvalue weighted by Crippen LogP contribution is -2.24. The van der Waals surface area contributed by atoms with E-state index in [2.05, 4.69) is 4.98 Å². The Morgan fingerprint density at radius 1 is 1.25 bits per heavy atom. The SMILES string of the molecule is Cc1cccnc1S(=O)(=O)CCS(N)(=O)=O. The lowest BCUT2D eigenvalue weighted by molar-refractivity contribution is 0.585. The first-order chi connectivity index (χ1) is 7.22. The molecule has 0 fully saturated rings. The maximum Gasteiger partial charge on any atom is 0.210 e. The minimum absolute atomic E-state index is 0.0985. The molecule has 1 aromatic heterocycles. The zero-order valence-electron chi connectivity index (χ0n) is 8.62. The van der Waals surface area contributed by atoms with E-state index >= 15 is 0 Å². The van der Waals surface area contributed by atoms with Crippen LogP contribution >= 0.6 is 0 Å². The van der Waals surface area contributed by atoms with E-state index in [-0.39, 0.29) is 5.03 Å². The van der Waals surface area contributed by atoms with Crippen LogP contribution in [0.5, 0.6) is 0 Å². The molecule has 1 heterocycles. The van der Waals surface area contributed by atoms with Gasteiger partial charge in [0.05, 0.1) is 11.5 Å². The third-order valence-corrected chi connectivity index (χ3v) is 4.68. The van der Waals surface area contributed by atoms with E-state index in [0.717, 1.165) is 0 Å². The molecule has 16 heavy (non-hydrogen) atoms. The second-order valence-corrected chi connectivity index (χ2v) is 7.07. The fourth-order valence-corrected chi connectivity index (χ4v) is 3.90. The van der Waals surface area contributed by atoms with Gasteiger partial charge in [-0.05, 0) is 18.6 Å². The molecule has 0 aliphatic carbocycles. The van der Waals surface area contributed by atoms with Crippen molar-refractivity contribution in [3.05, 3.63) is 23.9 Å².